The molecule has 0 saturated heterocycles. The van der Waals surface area contributed by atoms with Gasteiger partial charge in [-0.3, -0.25) is 4.79 Å². The van der Waals surface area contributed by atoms with Crippen molar-refractivity contribution in [2.24, 2.45) is 5.92 Å². The van der Waals surface area contributed by atoms with Gasteiger partial charge in [0, 0.05) is 34.8 Å². The third-order valence-electron chi connectivity index (χ3n) is 4.99. The van der Waals surface area contributed by atoms with Gasteiger partial charge in [-0.15, -0.1) is 0 Å². The molecule has 0 aliphatic heterocycles. The Labute approximate surface area is 179 Å². The van der Waals surface area contributed by atoms with Crippen LogP contribution in [-0.2, 0) is 11.2 Å². The summed E-state index contributed by atoms with van der Waals surface area (Å²) in [6.45, 7) is 5.86. The predicted octanol–water partition coefficient (Wildman–Crippen LogP) is 3.11. The molecule has 0 radical (unpaired) electrons. The summed E-state index contributed by atoms with van der Waals surface area (Å²) in [6, 6.07) is 11.1. The number of nitrogens with one attached hydrogen (secondary N) is 2. The number of anilines is 1. The molecule has 2 aromatic carbocycles. The zero-order valence-corrected chi connectivity index (χ0v) is 17.7. The first-order valence-corrected chi connectivity index (χ1v) is 10.1. The molecule has 3 aromatic rings. The van der Waals surface area contributed by atoms with Crippen LogP contribution in [0.2, 0.25) is 0 Å². The first kappa shape index (κ1) is 22.5. The second kappa shape index (κ2) is 9.74. The van der Waals surface area contributed by atoms with E-state index < -0.39 is 11.1 Å². The number of carbonyl (C=O) groups is 1. The molecule has 1 amide bonds. The van der Waals surface area contributed by atoms with Crippen LogP contribution >= 0.6 is 0 Å². The molecule has 1 aromatic heterocycles. The molecule has 164 valence electrons. The van der Waals surface area contributed by atoms with E-state index in [1.54, 1.807) is 24.3 Å². The number of amides is 1. The average Bonchev–Trinajstić information content (AvgIpc) is 2.71. The quantitative estimate of drug-likeness (QED) is 0.376. The van der Waals surface area contributed by atoms with E-state index >= 15 is 0 Å². The van der Waals surface area contributed by atoms with Crippen molar-refractivity contribution < 1.29 is 24.4 Å². The van der Waals surface area contributed by atoms with Crippen molar-refractivity contribution in [3.8, 4) is 5.75 Å². The minimum absolute atomic E-state index is 0.0754. The van der Waals surface area contributed by atoms with Gasteiger partial charge in [0.25, 0.3) is 5.91 Å². The van der Waals surface area contributed by atoms with Crippen molar-refractivity contribution in [3.63, 3.8) is 0 Å². The van der Waals surface area contributed by atoms with Gasteiger partial charge in [-0.25, -0.2) is 10.0 Å². The van der Waals surface area contributed by atoms with Gasteiger partial charge in [0.1, 0.15) is 11.3 Å². The highest BCUT2D eigenvalue weighted by Gasteiger charge is 2.13. The number of carbonyl (C=O) groups excluding carboxylic acids is 1. The third-order valence-corrected chi connectivity index (χ3v) is 4.99. The minimum atomic E-state index is -1.08. The van der Waals surface area contributed by atoms with Crippen LogP contribution in [-0.4, -0.2) is 17.7 Å². The molecular formula is C23H26N2O6. The van der Waals surface area contributed by atoms with Gasteiger partial charge in [-0.05, 0) is 49.4 Å². The average molecular weight is 426 g/mol. The van der Waals surface area contributed by atoms with Crippen LogP contribution in [0, 0.1) is 18.0 Å². The smallest absolute Gasteiger partial charge is 0.339 e. The second-order valence-electron chi connectivity index (χ2n) is 7.81. The molecule has 1 atom stereocenters. The summed E-state index contributed by atoms with van der Waals surface area (Å²) in [5, 5.41) is 22.4. The predicted molar refractivity (Wildman–Crippen MR) is 117 cm³/mol. The van der Waals surface area contributed by atoms with Crippen molar-refractivity contribution in [2.75, 3.05) is 11.9 Å². The SMILES string of the molecule is Cc1c(CCC(C)C)c(=O)oc2cc(OCC(=O)Nc3cccc([NH+]([O-])O)c3)ccc12. The monoisotopic (exact) mass is 426 g/mol. The van der Waals surface area contributed by atoms with E-state index in [2.05, 4.69) is 19.2 Å². The fraction of sp³-hybridized carbons (Fsp3) is 0.304. The Morgan fingerprint density at radius 2 is 2.03 bits per heavy atom. The summed E-state index contributed by atoms with van der Waals surface area (Å²) < 4.78 is 11.0. The Morgan fingerprint density at radius 1 is 1.26 bits per heavy atom. The highest BCUT2D eigenvalue weighted by Crippen LogP contribution is 2.25. The molecule has 0 aliphatic rings. The molecule has 3 N–H and O–H groups in total. The minimum Gasteiger partial charge on any atom is -0.595 e. The van der Waals surface area contributed by atoms with Crippen LogP contribution in [0.3, 0.4) is 0 Å². The zero-order chi connectivity index (χ0) is 22.5. The maximum absolute atomic E-state index is 12.4. The van der Waals surface area contributed by atoms with Crippen LogP contribution in [0.4, 0.5) is 11.4 Å². The molecule has 0 spiro atoms. The van der Waals surface area contributed by atoms with Gasteiger partial charge in [0.2, 0.25) is 0 Å². The first-order chi connectivity index (χ1) is 14.7. The van der Waals surface area contributed by atoms with Crippen LogP contribution in [0.1, 0.15) is 31.4 Å². The number of benzene rings is 2. The summed E-state index contributed by atoms with van der Waals surface area (Å²) in [6.07, 6.45) is 1.58. The maximum atomic E-state index is 12.4. The zero-order valence-electron chi connectivity index (χ0n) is 17.7. The van der Waals surface area contributed by atoms with Gasteiger partial charge in [-0.1, -0.05) is 19.9 Å². The van der Waals surface area contributed by atoms with Crippen LogP contribution in [0.5, 0.6) is 5.75 Å². The number of hydrogen-bond donors (Lipinski definition) is 3. The lowest BCUT2D eigenvalue weighted by molar-refractivity contribution is -0.991. The summed E-state index contributed by atoms with van der Waals surface area (Å²) in [5.74, 6) is 0.437. The van der Waals surface area contributed by atoms with Gasteiger partial charge in [0.05, 0.1) is 0 Å². The highest BCUT2D eigenvalue weighted by atomic mass is 16.8. The van der Waals surface area contributed by atoms with E-state index in [1.165, 1.54) is 12.1 Å². The maximum Gasteiger partial charge on any atom is 0.339 e. The topological polar surface area (TPSA) is 116 Å². The van der Waals surface area contributed by atoms with Crippen molar-refractivity contribution in [1.29, 1.82) is 0 Å². The number of fused-ring (bicyclic) bond motifs is 1. The van der Waals surface area contributed by atoms with E-state index in [-0.39, 0.29) is 17.9 Å². The van der Waals surface area contributed by atoms with Gasteiger partial charge in [0.15, 0.2) is 12.3 Å². The van der Waals surface area contributed by atoms with Gasteiger partial charge < -0.3 is 19.7 Å². The fourth-order valence-corrected chi connectivity index (χ4v) is 3.26. The number of ether oxygens (including phenoxy) is 1. The molecule has 1 heterocycles. The number of rotatable bonds is 8. The molecule has 0 aliphatic carbocycles. The molecule has 31 heavy (non-hydrogen) atoms. The molecule has 8 heteroatoms. The fourth-order valence-electron chi connectivity index (χ4n) is 3.26. The Kier molecular flexibility index (Phi) is 7.06. The molecule has 8 nitrogen and oxygen atoms in total. The summed E-state index contributed by atoms with van der Waals surface area (Å²) >= 11 is 0. The molecule has 1 unspecified atom stereocenters. The Morgan fingerprint density at radius 3 is 2.74 bits per heavy atom. The van der Waals surface area contributed by atoms with Crippen molar-refractivity contribution in [2.45, 2.75) is 33.6 Å². The van der Waals surface area contributed by atoms with Gasteiger partial charge in [-0.2, -0.15) is 5.23 Å². The Hall–Kier alpha value is -3.20. The molecule has 0 saturated carbocycles. The van der Waals surface area contributed by atoms with Crippen molar-refractivity contribution in [3.05, 3.63) is 69.2 Å². The molecule has 0 bridgehead atoms. The number of aryl methyl sites for hydroxylation is 1. The Balaban J connectivity index is 1.69. The summed E-state index contributed by atoms with van der Waals surface area (Å²) in [5.41, 5.74) is 2.09. The standard InChI is InChI=1S/C23H26N2O6/c1-14(2)7-9-20-15(3)19-10-8-18(12-21(19)31-23(20)27)30-13-22(26)24-16-5-4-6-17(11-16)25(28)29/h4-6,8,10-12,14,25,28H,7,9,13H2,1-3H3,(H,24,26). The Bertz CT molecular complexity index is 1140. The largest absolute Gasteiger partial charge is 0.595 e. The van der Waals surface area contributed by atoms with E-state index in [4.69, 9.17) is 14.4 Å². The molecular weight excluding hydrogens is 400 g/mol. The normalized spacial score (nSPS) is 12.2. The van der Waals surface area contributed by atoms with E-state index in [0.717, 1.165) is 17.4 Å². The lowest BCUT2D eigenvalue weighted by Crippen LogP contribution is -2.99. The highest BCUT2D eigenvalue weighted by molar-refractivity contribution is 5.92. The lowest BCUT2D eigenvalue weighted by atomic mass is 9.98. The van der Waals surface area contributed by atoms with E-state index in [0.29, 0.717) is 34.9 Å². The number of quaternary nitrogens is 1. The second-order valence-corrected chi connectivity index (χ2v) is 7.81. The van der Waals surface area contributed by atoms with Crippen LogP contribution in [0.25, 0.3) is 11.0 Å². The number of hydrogen-bond acceptors (Lipinski definition) is 6. The van der Waals surface area contributed by atoms with Crippen molar-refractivity contribution in [1.82, 2.24) is 0 Å². The van der Waals surface area contributed by atoms with Crippen LogP contribution < -0.4 is 20.9 Å². The molecule has 3 rings (SSSR count). The summed E-state index contributed by atoms with van der Waals surface area (Å²) in [7, 11) is 0. The first-order valence-electron chi connectivity index (χ1n) is 10.1. The van der Waals surface area contributed by atoms with E-state index in [9.17, 15) is 14.8 Å². The van der Waals surface area contributed by atoms with Crippen molar-refractivity contribution >= 4 is 28.3 Å². The van der Waals surface area contributed by atoms with Crippen LogP contribution in [0.15, 0.2) is 51.7 Å². The van der Waals surface area contributed by atoms with E-state index in [1.807, 2.05) is 13.0 Å². The molecule has 0 fully saturated rings. The summed E-state index contributed by atoms with van der Waals surface area (Å²) in [4.78, 5) is 24.6. The lowest BCUT2D eigenvalue weighted by Gasteiger charge is -2.13. The third kappa shape index (κ3) is 5.69. The van der Waals surface area contributed by atoms with Gasteiger partial charge >= 0.3 is 5.63 Å².